The Kier molecular flexibility index (Phi) is 3.52. The first kappa shape index (κ1) is 12.9. The SMILES string of the molecule is C#Cc1cccc(Nc2ncnc3ccc(I)cc23)c1. The number of hydrogen-bond acceptors (Lipinski definition) is 3. The number of nitrogens with zero attached hydrogens (tertiary/aromatic N) is 2. The highest BCUT2D eigenvalue weighted by Gasteiger charge is 2.05. The van der Waals surface area contributed by atoms with Gasteiger partial charge in [-0.25, -0.2) is 9.97 Å². The lowest BCUT2D eigenvalue weighted by Crippen LogP contribution is -1.96. The van der Waals surface area contributed by atoms with E-state index in [2.05, 4.69) is 49.9 Å². The summed E-state index contributed by atoms with van der Waals surface area (Å²) in [6.07, 6.45) is 6.98. The van der Waals surface area contributed by atoms with Crippen molar-refractivity contribution >= 4 is 45.0 Å². The van der Waals surface area contributed by atoms with Crippen LogP contribution < -0.4 is 5.32 Å². The highest BCUT2D eigenvalue weighted by atomic mass is 127. The summed E-state index contributed by atoms with van der Waals surface area (Å²) >= 11 is 2.28. The van der Waals surface area contributed by atoms with Gasteiger partial charge in [-0.2, -0.15) is 0 Å². The molecule has 0 aliphatic carbocycles. The average Bonchev–Trinajstić information content (AvgIpc) is 2.48. The van der Waals surface area contributed by atoms with Crippen molar-refractivity contribution in [2.75, 3.05) is 5.32 Å². The number of terminal acetylenes is 1. The van der Waals surface area contributed by atoms with Crippen LogP contribution in [0.15, 0.2) is 48.8 Å². The molecule has 4 heteroatoms. The summed E-state index contributed by atoms with van der Waals surface area (Å²) in [5.41, 5.74) is 2.67. The summed E-state index contributed by atoms with van der Waals surface area (Å²) in [6, 6.07) is 13.8. The van der Waals surface area contributed by atoms with Gasteiger partial charge in [0.25, 0.3) is 0 Å². The molecule has 1 aromatic heterocycles. The van der Waals surface area contributed by atoms with Crippen molar-refractivity contribution < 1.29 is 0 Å². The van der Waals surface area contributed by atoms with Gasteiger partial charge in [0.1, 0.15) is 12.1 Å². The predicted molar refractivity (Wildman–Crippen MR) is 89.9 cm³/mol. The van der Waals surface area contributed by atoms with Crippen LogP contribution >= 0.6 is 22.6 Å². The molecule has 3 nitrogen and oxygen atoms in total. The van der Waals surface area contributed by atoms with Crippen molar-refractivity contribution in [1.82, 2.24) is 9.97 Å². The van der Waals surface area contributed by atoms with E-state index in [4.69, 9.17) is 6.42 Å². The number of anilines is 2. The van der Waals surface area contributed by atoms with Crippen LogP contribution in [-0.4, -0.2) is 9.97 Å². The topological polar surface area (TPSA) is 37.8 Å². The van der Waals surface area contributed by atoms with Gasteiger partial charge in [-0.15, -0.1) is 6.42 Å². The molecule has 20 heavy (non-hydrogen) atoms. The van der Waals surface area contributed by atoms with Crippen LogP contribution in [0.3, 0.4) is 0 Å². The molecule has 0 unspecified atom stereocenters. The molecule has 0 bridgehead atoms. The second-order valence-electron chi connectivity index (χ2n) is 4.23. The van der Waals surface area contributed by atoms with Gasteiger partial charge >= 0.3 is 0 Å². The molecular formula is C16H10IN3. The lowest BCUT2D eigenvalue weighted by Gasteiger charge is -2.08. The molecule has 0 saturated carbocycles. The highest BCUT2D eigenvalue weighted by Crippen LogP contribution is 2.24. The molecule has 0 amide bonds. The van der Waals surface area contributed by atoms with E-state index in [1.54, 1.807) is 6.33 Å². The van der Waals surface area contributed by atoms with Crippen LogP contribution in [0.2, 0.25) is 0 Å². The average molecular weight is 371 g/mol. The van der Waals surface area contributed by atoms with Gasteiger partial charge in [0.05, 0.1) is 5.52 Å². The minimum atomic E-state index is 0.780. The van der Waals surface area contributed by atoms with Crippen LogP contribution in [0.25, 0.3) is 10.9 Å². The van der Waals surface area contributed by atoms with Crippen molar-refractivity contribution in [2.45, 2.75) is 0 Å². The molecule has 0 spiro atoms. The Balaban J connectivity index is 2.06. The molecule has 0 aliphatic rings. The molecule has 0 saturated heterocycles. The number of halogens is 1. The first-order valence-corrected chi connectivity index (χ1v) is 7.08. The minimum Gasteiger partial charge on any atom is -0.340 e. The second kappa shape index (κ2) is 5.47. The van der Waals surface area contributed by atoms with Crippen molar-refractivity contribution in [3.63, 3.8) is 0 Å². The molecule has 0 fully saturated rings. The zero-order chi connectivity index (χ0) is 13.9. The monoisotopic (exact) mass is 371 g/mol. The van der Waals surface area contributed by atoms with Crippen LogP contribution in [0, 0.1) is 15.9 Å². The van der Waals surface area contributed by atoms with E-state index in [9.17, 15) is 0 Å². The summed E-state index contributed by atoms with van der Waals surface area (Å²) in [4.78, 5) is 8.59. The smallest absolute Gasteiger partial charge is 0.141 e. The zero-order valence-corrected chi connectivity index (χ0v) is 12.6. The molecule has 96 valence electrons. The molecule has 0 aliphatic heterocycles. The summed E-state index contributed by atoms with van der Waals surface area (Å²) in [5.74, 6) is 3.41. The third-order valence-electron chi connectivity index (χ3n) is 2.89. The van der Waals surface area contributed by atoms with Crippen molar-refractivity contribution in [2.24, 2.45) is 0 Å². The molecule has 0 radical (unpaired) electrons. The Labute approximate surface area is 130 Å². The van der Waals surface area contributed by atoms with E-state index in [-0.39, 0.29) is 0 Å². The fourth-order valence-electron chi connectivity index (χ4n) is 1.95. The van der Waals surface area contributed by atoms with Crippen molar-refractivity contribution in [3.8, 4) is 12.3 Å². The maximum Gasteiger partial charge on any atom is 0.141 e. The van der Waals surface area contributed by atoms with Crippen LogP contribution in [-0.2, 0) is 0 Å². The lowest BCUT2D eigenvalue weighted by atomic mass is 10.2. The Hall–Kier alpha value is -2.13. The van der Waals surface area contributed by atoms with Crippen molar-refractivity contribution in [1.29, 1.82) is 0 Å². The van der Waals surface area contributed by atoms with E-state index < -0.39 is 0 Å². The maximum atomic E-state index is 5.42. The van der Waals surface area contributed by atoms with E-state index in [0.29, 0.717) is 0 Å². The zero-order valence-electron chi connectivity index (χ0n) is 10.5. The number of hydrogen-bond donors (Lipinski definition) is 1. The third kappa shape index (κ3) is 2.58. The Morgan fingerprint density at radius 3 is 2.85 bits per heavy atom. The Bertz CT molecular complexity index is 821. The molecule has 2 aromatic carbocycles. The Morgan fingerprint density at radius 2 is 2.00 bits per heavy atom. The first-order chi connectivity index (χ1) is 9.76. The summed E-state index contributed by atoms with van der Waals surface area (Å²) < 4.78 is 1.14. The van der Waals surface area contributed by atoms with E-state index in [0.717, 1.165) is 31.5 Å². The molecular weight excluding hydrogens is 361 g/mol. The van der Waals surface area contributed by atoms with Crippen LogP contribution in [0.1, 0.15) is 5.56 Å². The maximum absolute atomic E-state index is 5.42. The fraction of sp³-hybridized carbons (Fsp3) is 0. The van der Waals surface area contributed by atoms with Gasteiger partial charge in [-0.05, 0) is 59.0 Å². The van der Waals surface area contributed by atoms with Crippen LogP contribution in [0.4, 0.5) is 11.5 Å². The number of benzene rings is 2. The quantitative estimate of drug-likeness (QED) is 0.548. The molecule has 1 N–H and O–H groups in total. The normalized spacial score (nSPS) is 10.2. The fourth-order valence-corrected chi connectivity index (χ4v) is 2.44. The first-order valence-electron chi connectivity index (χ1n) is 6.00. The molecule has 0 atom stereocenters. The third-order valence-corrected chi connectivity index (χ3v) is 3.56. The van der Waals surface area contributed by atoms with E-state index >= 15 is 0 Å². The van der Waals surface area contributed by atoms with E-state index in [1.807, 2.05) is 36.4 Å². The van der Waals surface area contributed by atoms with Gasteiger partial charge in [-0.3, -0.25) is 0 Å². The number of nitrogens with one attached hydrogen (secondary N) is 1. The number of rotatable bonds is 2. The lowest BCUT2D eigenvalue weighted by molar-refractivity contribution is 1.22. The van der Waals surface area contributed by atoms with Crippen LogP contribution in [0.5, 0.6) is 0 Å². The number of aromatic nitrogens is 2. The predicted octanol–water partition coefficient (Wildman–Crippen LogP) is 3.96. The summed E-state index contributed by atoms with van der Waals surface area (Å²) in [6.45, 7) is 0. The highest BCUT2D eigenvalue weighted by molar-refractivity contribution is 14.1. The second-order valence-corrected chi connectivity index (χ2v) is 5.48. The van der Waals surface area contributed by atoms with Gasteiger partial charge in [0.15, 0.2) is 0 Å². The molecule has 3 rings (SSSR count). The largest absolute Gasteiger partial charge is 0.340 e. The minimum absolute atomic E-state index is 0.780. The number of fused-ring (bicyclic) bond motifs is 1. The van der Waals surface area contributed by atoms with Gasteiger partial charge in [0, 0.05) is 20.2 Å². The Morgan fingerprint density at radius 1 is 1.10 bits per heavy atom. The van der Waals surface area contributed by atoms with Gasteiger partial charge < -0.3 is 5.32 Å². The molecule has 1 heterocycles. The van der Waals surface area contributed by atoms with Gasteiger partial charge in [-0.1, -0.05) is 12.0 Å². The standard InChI is InChI=1S/C16H10IN3/c1-2-11-4-3-5-13(8-11)20-16-14-9-12(17)6-7-15(14)18-10-19-16/h1,3-10H,(H,18,19,20). The molecule has 3 aromatic rings. The van der Waals surface area contributed by atoms with Gasteiger partial charge in [0.2, 0.25) is 0 Å². The summed E-state index contributed by atoms with van der Waals surface area (Å²) in [5, 5.41) is 4.29. The summed E-state index contributed by atoms with van der Waals surface area (Å²) in [7, 11) is 0. The van der Waals surface area contributed by atoms with E-state index in [1.165, 1.54) is 0 Å². The van der Waals surface area contributed by atoms with Crippen molar-refractivity contribution in [3.05, 3.63) is 57.9 Å².